The molecule has 1 fully saturated rings. The van der Waals surface area contributed by atoms with Gasteiger partial charge in [-0.15, -0.1) is 0 Å². The van der Waals surface area contributed by atoms with Gasteiger partial charge in [0.2, 0.25) is 0 Å². The van der Waals surface area contributed by atoms with Crippen molar-refractivity contribution in [3.05, 3.63) is 23.5 Å². The largest absolute Gasteiger partial charge is 0.333 e. The molecule has 2 aromatic heterocycles. The van der Waals surface area contributed by atoms with E-state index in [-0.39, 0.29) is 18.0 Å². The molecule has 1 amide bonds. The summed E-state index contributed by atoms with van der Waals surface area (Å²) in [6.07, 6.45) is 2.76. The van der Waals surface area contributed by atoms with Gasteiger partial charge in [-0.25, -0.2) is 9.67 Å². The molecular weight excluding hydrogens is 290 g/mol. The fourth-order valence-corrected chi connectivity index (χ4v) is 3.11. The number of fused-ring (bicyclic) bond motifs is 1. The van der Waals surface area contributed by atoms with Crippen LogP contribution in [-0.4, -0.2) is 51.2 Å². The van der Waals surface area contributed by atoms with Crippen LogP contribution in [0.5, 0.6) is 0 Å². The molecule has 1 saturated heterocycles. The summed E-state index contributed by atoms with van der Waals surface area (Å²) in [6, 6.07) is 2.36. The first kappa shape index (κ1) is 15.9. The van der Waals surface area contributed by atoms with E-state index in [2.05, 4.69) is 36.2 Å². The van der Waals surface area contributed by atoms with E-state index in [9.17, 15) is 4.79 Å². The number of pyridine rings is 1. The Bertz CT molecular complexity index is 723. The van der Waals surface area contributed by atoms with Crippen LogP contribution in [0.1, 0.15) is 49.3 Å². The highest BCUT2D eigenvalue weighted by Crippen LogP contribution is 2.24. The van der Waals surface area contributed by atoms with Crippen molar-refractivity contribution in [2.24, 2.45) is 0 Å². The molecule has 0 aliphatic carbocycles. The summed E-state index contributed by atoms with van der Waals surface area (Å²) < 4.78 is 1.93. The van der Waals surface area contributed by atoms with Crippen molar-refractivity contribution in [3.63, 3.8) is 0 Å². The molecule has 6 nitrogen and oxygen atoms in total. The Morgan fingerprint density at radius 2 is 2.30 bits per heavy atom. The average Bonchev–Trinajstić information content (AvgIpc) is 2.96. The summed E-state index contributed by atoms with van der Waals surface area (Å²) in [4.78, 5) is 19.6. The Hall–Kier alpha value is -1.95. The molecule has 2 atom stereocenters. The summed E-state index contributed by atoms with van der Waals surface area (Å²) in [6.45, 7) is 10.7. The first-order valence-corrected chi connectivity index (χ1v) is 8.39. The number of nitrogens with zero attached hydrogens (tertiary/aromatic N) is 4. The van der Waals surface area contributed by atoms with Crippen molar-refractivity contribution >= 4 is 16.9 Å². The molecule has 2 unspecified atom stereocenters. The van der Waals surface area contributed by atoms with E-state index in [4.69, 9.17) is 0 Å². The Labute approximate surface area is 136 Å². The summed E-state index contributed by atoms with van der Waals surface area (Å²) in [5.41, 5.74) is 2.38. The highest BCUT2D eigenvalue weighted by Gasteiger charge is 2.26. The van der Waals surface area contributed by atoms with Crippen LogP contribution in [0.4, 0.5) is 0 Å². The maximum Gasteiger partial charge on any atom is 0.255 e. The standard InChI is InChI=1S/C17H25N5O/c1-5-12(3)22-16-15(10-19-22)14(8-11(2)20-16)17(23)21-7-6-18-9-13(21)4/h8,10,12-13,18H,5-7,9H2,1-4H3. The Kier molecular flexibility index (Phi) is 4.35. The van der Waals surface area contributed by atoms with Gasteiger partial charge >= 0.3 is 0 Å². The quantitative estimate of drug-likeness (QED) is 0.942. The minimum atomic E-state index is 0.0817. The number of piperazine rings is 1. The van der Waals surface area contributed by atoms with Gasteiger partial charge in [-0.05, 0) is 33.3 Å². The van der Waals surface area contributed by atoms with Gasteiger partial charge in [0, 0.05) is 31.4 Å². The molecular formula is C17H25N5O. The number of aromatic nitrogens is 3. The molecule has 1 aliphatic heterocycles. The SMILES string of the molecule is CCC(C)n1ncc2c(C(=O)N3CCNCC3C)cc(C)nc21. The second kappa shape index (κ2) is 6.28. The highest BCUT2D eigenvalue weighted by atomic mass is 16.2. The number of carbonyl (C=O) groups is 1. The van der Waals surface area contributed by atoms with E-state index >= 15 is 0 Å². The van der Waals surface area contributed by atoms with Gasteiger partial charge in [0.1, 0.15) is 0 Å². The third-order valence-electron chi connectivity index (χ3n) is 4.70. The number of rotatable bonds is 3. The molecule has 3 heterocycles. The molecule has 3 rings (SSSR count). The van der Waals surface area contributed by atoms with E-state index in [1.165, 1.54) is 0 Å². The lowest BCUT2D eigenvalue weighted by Gasteiger charge is -2.34. The van der Waals surface area contributed by atoms with Gasteiger partial charge in [0.15, 0.2) is 5.65 Å². The van der Waals surface area contributed by atoms with E-state index in [0.717, 1.165) is 48.3 Å². The fourth-order valence-electron chi connectivity index (χ4n) is 3.11. The summed E-state index contributed by atoms with van der Waals surface area (Å²) >= 11 is 0. The molecule has 1 N–H and O–H groups in total. The number of amides is 1. The zero-order valence-corrected chi connectivity index (χ0v) is 14.3. The minimum absolute atomic E-state index is 0.0817. The van der Waals surface area contributed by atoms with Crippen LogP contribution in [0.2, 0.25) is 0 Å². The molecule has 1 aliphatic rings. The zero-order chi connectivity index (χ0) is 16.6. The lowest BCUT2D eigenvalue weighted by molar-refractivity contribution is 0.0657. The van der Waals surface area contributed by atoms with Crippen molar-refractivity contribution in [1.29, 1.82) is 0 Å². The first-order chi connectivity index (χ1) is 11.0. The number of carbonyl (C=O) groups excluding carboxylic acids is 1. The monoisotopic (exact) mass is 315 g/mol. The summed E-state index contributed by atoms with van der Waals surface area (Å²) in [7, 11) is 0. The van der Waals surface area contributed by atoms with Crippen LogP contribution >= 0.6 is 0 Å². The van der Waals surface area contributed by atoms with Crippen molar-refractivity contribution in [2.45, 2.75) is 46.2 Å². The Morgan fingerprint density at radius 1 is 1.52 bits per heavy atom. The molecule has 0 bridgehead atoms. The van der Waals surface area contributed by atoms with Crippen LogP contribution in [0.25, 0.3) is 11.0 Å². The van der Waals surface area contributed by atoms with Gasteiger partial charge in [-0.2, -0.15) is 5.10 Å². The van der Waals surface area contributed by atoms with Crippen molar-refractivity contribution in [2.75, 3.05) is 19.6 Å². The van der Waals surface area contributed by atoms with Crippen molar-refractivity contribution < 1.29 is 4.79 Å². The molecule has 0 radical (unpaired) electrons. The lowest BCUT2D eigenvalue weighted by atomic mass is 10.1. The van der Waals surface area contributed by atoms with Crippen molar-refractivity contribution in [3.8, 4) is 0 Å². The third kappa shape index (κ3) is 2.83. The molecule has 2 aromatic rings. The smallest absolute Gasteiger partial charge is 0.255 e. The summed E-state index contributed by atoms with van der Waals surface area (Å²) in [5, 5.41) is 8.66. The Morgan fingerprint density at radius 3 is 3.00 bits per heavy atom. The fraction of sp³-hybridized carbons (Fsp3) is 0.588. The topological polar surface area (TPSA) is 63.1 Å². The number of hydrogen-bond acceptors (Lipinski definition) is 4. The van der Waals surface area contributed by atoms with Crippen LogP contribution in [0.3, 0.4) is 0 Å². The molecule has 6 heteroatoms. The van der Waals surface area contributed by atoms with Gasteiger partial charge < -0.3 is 10.2 Å². The number of nitrogens with one attached hydrogen (secondary N) is 1. The minimum Gasteiger partial charge on any atom is -0.333 e. The second-order valence-electron chi connectivity index (χ2n) is 6.45. The van der Waals surface area contributed by atoms with E-state index < -0.39 is 0 Å². The molecule has 23 heavy (non-hydrogen) atoms. The maximum atomic E-state index is 13.1. The zero-order valence-electron chi connectivity index (χ0n) is 14.3. The first-order valence-electron chi connectivity index (χ1n) is 8.39. The van der Waals surface area contributed by atoms with Crippen LogP contribution in [0, 0.1) is 6.92 Å². The number of hydrogen-bond donors (Lipinski definition) is 1. The Balaban J connectivity index is 2.07. The van der Waals surface area contributed by atoms with Crippen LogP contribution in [-0.2, 0) is 0 Å². The second-order valence-corrected chi connectivity index (χ2v) is 6.45. The predicted octanol–water partition coefficient (Wildman–Crippen LogP) is 2.14. The van der Waals surface area contributed by atoms with Gasteiger partial charge in [-0.1, -0.05) is 6.92 Å². The maximum absolute atomic E-state index is 13.1. The molecule has 124 valence electrons. The highest BCUT2D eigenvalue weighted by molar-refractivity contribution is 6.05. The van der Waals surface area contributed by atoms with Crippen LogP contribution in [0.15, 0.2) is 12.3 Å². The van der Waals surface area contributed by atoms with Crippen molar-refractivity contribution in [1.82, 2.24) is 25.0 Å². The predicted molar refractivity (Wildman–Crippen MR) is 90.6 cm³/mol. The van der Waals surface area contributed by atoms with E-state index in [0.29, 0.717) is 0 Å². The lowest BCUT2D eigenvalue weighted by Crippen LogP contribution is -2.52. The van der Waals surface area contributed by atoms with E-state index in [1.807, 2.05) is 22.6 Å². The van der Waals surface area contributed by atoms with Crippen LogP contribution < -0.4 is 5.32 Å². The molecule has 0 spiro atoms. The van der Waals surface area contributed by atoms with Gasteiger partial charge in [0.05, 0.1) is 23.2 Å². The molecule has 0 saturated carbocycles. The normalized spacial score (nSPS) is 20.0. The van der Waals surface area contributed by atoms with Gasteiger partial charge in [0.25, 0.3) is 5.91 Å². The molecule has 0 aromatic carbocycles. The summed E-state index contributed by atoms with van der Waals surface area (Å²) in [5.74, 6) is 0.0817. The number of aryl methyl sites for hydroxylation is 1. The van der Waals surface area contributed by atoms with E-state index in [1.54, 1.807) is 6.20 Å². The third-order valence-corrected chi connectivity index (χ3v) is 4.70. The average molecular weight is 315 g/mol. The van der Waals surface area contributed by atoms with Gasteiger partial charge in [-0.3, -0.25) is 4.79 Å².